The van der Waals surface area contributed by atoms with Crippen LogP contribution in [0.1, 0.15) is 53.8 Å². The molecule has 0 fully saturated rings. The summed E-state index contributed by atoms with van der Waals surface area (Å²) in [5, 5.41) is 3.79. The molecule has 156 valence electrons. The lowest BCUT2D eigenvalue weighted by molar-refractivity contribution is 0.399. The molecule has 0 saturated carbocycles. The monoisotopic (exact) mass is 401 g/mol. The number of ether oxygens (including phenoxy) is 1. The molecular weight excluding hydrogens is 370 g/mol. The van der Waals surface area contributed by atoms with Gasteiger partial charge in [-0.3, -0.25) is 4.98 Å². The predicted octanol–water partition coefficient (Wildman–Crippen LogP) is 4.95. The van der Waals surface area contributed by atoms with E-state index in [1.54, 1.807) is 7.11 Å². The zero-order chi connectivity index (χ0) is 20.9. The molecule has 30 heavy (non-hydrogen) atoms. The highest BCUT2D eigenvalue weighted by atomic mass is 16.5. The lowest BCUT2D eigenvalue weighted by Gasteiger charge is -2.27. The van der Waals surface area contributed by atoms with E-state index in [1.807, 2.05) is 12.3 Å². The predicted molar refractivity (Wildman–Crippen MR) is 122 cm³/mol. The topological polar surface area (TPSA) is 60.2 Å². The van der Waals surface area contributed by atoms with Gasteiger partial charge in [0.2, 0.25) is 0 Å². The molecule has 0 aliphatic heterocycles. The fourth-order valence-corrected chi connectivity index (χ4v) is 4.73. The molecule has 0 saturated heterocycles. The largest absolute Gasteiger partial charge is 0.496 e. The minimum absolute atomic E-state index is 0.266. The van der Waals surface area contributed by atoms with Crippen molar-refractivity contribution in [2.45, 2.75) is 51.7 Å². The van der Waals surface area contributed by atoms with E-state index in [2.05, 4.69) is 59.7 Å². The summed E-state index contributed by atoms with van der Waals surface area (Å²) in [6, 6.07) is 17.2. The summed E-state index contributed by atoms with van der Waals surface area (Å²) < 4.78 is 5.85. The number of aryl methyl sites for hydroxylation is 1. The van der Waals surface area contributed by atoms with E-state index >= 15 is 0 Å². The number of hydrogen-bond donors (Lipinski definition) is 2. The molecule has 3 aromatic rings. The molecule has 1 aromatic heterocycles. The van der Waals surface area contributed by atoms with Crippen LogP contribution in [-0.2, 0) is 25.9 Å². The average Bonchev–Trinajstić information content (AvgIpc) is 2.82. The van der Waals surface area contributed by atoms with E-state index in [-0.39, 0.29) is 6.04 Å². The van der Waals surface area contributed by atoms with Gasteiger partial charge in [-0.2, -0.15) is 0 Å². The van der Waals surface area contributed by atoms with Gasteiger partial charge in [0.1, 0.15) is 5.75 Å². The number of aromatic nitrogens is 1. The second kappa shape index (κ2) is 9.41. The highest BCUT2D eigenvalue weighted by Crippen LogP contribution is 2.38. The van der Waals surface area contributed by atoms with E-state index in [0.717, 1.165) is 37.1 Å². The Labute approximate surface area is 179 Å². The summed E-state index contributed by atoms with van der Waals surface area (Å²) in [6.45, 7) is 3.44. The van der Waals surface area contributed by atoms with Gasteiger partial charge >= 0.3 is 0 Å². The van der Waals surface area contributed by atoms with Gasteiger partial charge in [-0.25, -0.2) is 0 Å². The molecule has 0 spiro atoms. The maximum absolute atomic E-state index is 6.11. The third kappa shape index (κ3) is 3.98. The van der Waals surface area contributed by atoms with Crippen LogP contribution < -0.4 is 15.8 Å². The molecule has 0 amide bonds. The SMILES string of the molecule is CCc1c(CN)cc(OC)c(CNC2CCCc3cccnc32)c1-c1ccccc1. The molecule has 4 heteroatoms. The van der Waals surface area contributed by atoms with E-state index < -0.39 is 0 Å². The van der Waals surface area contributed by atoms with Crippen molar-refractivity contribution in [3.8, 4) is 16.9 Å². The van der Waals surface area contributed by atoms with Crippen LogP contribution in [0.25, 0.3) is 11.1 Å². The van der Waals surface area contributed by atoms with Crippen LogP contribution in [-0.4, -0.2) is 12.1 Å². The molecule has 4 nitrogen and oxygen atoms in total. The van der Waals surface area contributed by atoms with Crippen LogP contribution in [0, 0.1) is 0 Å². The smallest absolute Gasteiger partial charge is 0.124 e. The third-order valence-electron chi connectivity index (χ3n) is 6.17. The molecule has 0 radical (unpaired) electrons. The number of benzene rings is 2. The van der Waals surface area contributed by atoms with Crippen LogP contribution in [0.15, 0.2) is 54.7 Å². The Balaban J connectivity index is 1.76. The average molecular weight is 402 g/mol. The maximum Gasteiger partial charge on any atom is 0.124 e. The Kier molecular flexibility index (Phi) is 6.46. The van der Waals surface area contributed by atoms with Gasteiger partial charge in [-0.1, -0.05) is 43.3 Å². The number of fused-ring (bicyclic) bond motifs is 1. The van der Waals surface area contributed by atoms with Crippen molar-refractivity contribution >= 4 is 0 Å². The number of nitrogens with one attached hydrogen (secondary N) is 1. The van der Waals surface area contributed by atoms with Crippen molar-refractivity contribution < 1.29 is 4.74 Å². The molecule has 2 aromatic carbocycles. The Morgan fingerprint density at radius 3 is 2.70 bits per heavy atom. The van der Waals surface area contributed by atoms with Crippen LogP contribution in [0.3, 0.4) is 0 Å². The number of rotatable bonds is 7. The highest BCUT2D eigenvalue weighted by molar-refractivity contribution is 5.75. The maximum atomic E-state index is 6.11. The van der Waals surface area contributed by atoms with E-state index in [4.69, 9.17) is 10.5 Å². The molecule has 4 rings (SSSR count). The first kappa shape index (κ1) is 20.6. The van der Waals surface area contributed by atoms with E-state index in [1.165, 1.54) is 39.9 Å². The van der Waals surface area contributed by atoms with E-state index in [0.29, 0.717) is 6.54 Å². The zero-order valence-electron chi connectivity index (χ0n) is 17.9. The highest BCUT2D eigenvalue weighted by Gasteiger charge is 2.23. The summed E-state index contributed by atoms with van der Waals surface area (Å²) in [5.41, 5.74) is 14.8. The number of methoxy groups -OCH3 is 1. The van der Waals surface area contributed by atoms with Gasteiger partial charge in [0, 0.05) is 24.8 Å². The van der Waals surface area contributed by atoms with Crippen LogP contribution in [0.4, 0.5) is 0 Å². The minimum atomic E-state index is 0.266. The lowest BCUT2D eigenvalue weighted by Crippen LogP contribution is -2.26. The fraction of sp³-hybridized carbons (Fsp3) is 0.346. The second-order valence-electron chi connectivity index (χ2n) is 7.87. The zero-order valence-corrected chi connectivity index (χ0v) is 17.9. The van der Waals surface area contributed by atoms with Gasteiger partial charge in [0.25, 0.3) is 0 Å². The Bertz CT molecular complexity index is 1000. The molecule has 1 aliphatic carbocycles. The molecular formula is C26H31N3O. The summed E-state index contributed by atoms with van der Waals surface area (Å²) in [4.78, 5) is 4.69. The van der Waals surface area contributed by atoms with Gasteiger partial charge in [0.15, 0.2) is 0 Å². The Morgan fingerprint density at radius 1 is 1.13 bits per heavy atom. The lowest BCUT2D eigenvalue weighted by atomic mass is 9.87. The van der Waals surface area contributed by atoms with Crippen LogP contribution >= 0.6 is 0 Å². The minimum Gasteiger partial charge on any atom is -0.496 e. The first-order valence-corrected chi connectivity index (χ1v) is 10.9. The number of nitrogens with zero attached hydrogens (tertiary/aromatic N) is 1. The third-order valence-corrected chi connectivity index (χ3v) is 6.17. The number of hydrogen-bond acceptors (Lipinski definition) is 4. The second-order valence-corrected chi connectivity index (χ2v) is 7.87. The molecule has 1 aliphatic rings. The van der Waals surface area contributed by atoms with Gasteiger partial charge in [-0.15, -0.1) is 0 Å². The van der Waals surface area contributed by atoms with Crippen LogP contribution in [0.2, 0.25) is 0 Å². The molecule has 3 N–H and O–H groups in total. The first-order valence-electron chi connectivity index (χ1n) is 10.9. The van der Waals surface area contributed by atoms with Crippen molar-refractivity contribution in [3.63, 3.8) is 0 Å². The summed E-state index contributed by atoms with van der Waals surface area (Å²) in [6.07, 6.45) is 6.24. The van der Waals surface area contributed by atoms with Gasteiger partial charge in [-0.05, 0) is 65.6 Å². The number of pyridine rings is 1. The van der Waals surface area contributed by atoms with Crippen molar-refractivity contribution in [1.82, 2.24) is 10.3 Å². The molecule has 1 unspecified atom stereocenters. The van der Waals surface area contributed by atoms with Crippen molar-refractivity contribution in [3.05, 3.63) is 82.7 Å². The van der Waals surface area contributed by atoms with Crippen molar-refractivity contribution in [2.24, 2.45) is 5.73 Å². The van der Waals surface area contributed by atoms with Gasteiger partial charge < -0.3 is 15.8 Å². The summed E-state index contributed by atoms with van der Waals surface area (Å²) >= 11 is 0. The van der Waals surface area contributed by atoms with Crippen molar-refractivity contribution in [2.75, 3.05) is 7.11 Å². The quantitative estimate of drug-likeness (QED) is 0.588. The molecule has 0 bridgehead atoms. The van der Waals surface area contributed by atoms with Crippen molar-refractivity contribution in [1.29, 1.82) is 0 Å². The fourth-order valence-electron chi connectivity index (χ4n) is 4.73. The van der Waals surface area contributed by atoms with Crippen LogP contribution in [0.5, 0.6) is 5.75 Å². The number of nitrogens with two attached hydrogens (primary N) is 1. The normalized spacial score (nSPS) is 15.6. The van der Waals surface area contributed by atoms with Gasteiger partial charge in [0.05, 0.1) is 18.8 Å². The standard InChI is InChI=1S/C26H31N3O/c1-3-21-20(16-27)15-24(30-2)22(25(21)18-9-5-4-6-10-18)17-29-23-13-7-11-19-12-8-14-28-26(19)23/h4-6,8-10,12,14-15,23,29H,3,7,11,13,16-17,27H2,1-2H3. The molecule has 1 heterocycles. The summed E-state index contributed by atoms with van der Waals surface area (Å²) in [7, 11) is 1.75. The Hall–Kier alpha value is -2.69. The molecule has 1 atom stereocenters. The Morgan fingerprint density at radius 2 is 1.97 bits per heavy atom. The first-order chi connectivity index (χ1) is 14.8. The summed E-state index contributed by atoms with van der Waals surface area (Å²) in [5.74, 6) is 0.899. The van der Waals surface area contributed by atoms with E-state index in [9.17, 15) is 0 Å².